The number of piperazine rings is 1. The highest BCUT2D eigenvalue weighted by atomic mass is 16.5. The first kappa shape index (κ1) is 17.2. The number of aromatic amines is 1. The normalized spacial score (nSPS) is 15.2. The molecule has 0 saturated carbocycles. The van der Waals surface area contributed by atoms with E-state index in [1.807, 2.05) is 42.2 Å². The number of ether oxygens (including phenoxy) is 1. The third kappa shape index (κ3) is 4.93. The molecule has 0 bridgehead atoms. The maximum absolute atomic E-state index is 12.3. The van der Waals surface area contributed by atoms with Gasteiger partial charge in [-0.2, -0.15) is 0 Å². The summed E-state index contributed by atoms with van der Waals surface area (Å²) in [5.41, 5.74) is 2.15. The predicted octanol–water partition coefficient (Wildman–Crippen LogP) is 1.41. The number of hydrogen-bond acceptors (Lipinski definition) is 4. The molecule has 1 saturated heterocycles. The molecule has 0 radical (unpaired) electrons. The number of nitrogens with zero attached hydrogens (tertiary/aromatic N) is 2. The number of carbonyl (C=O) groups excluding carboxylic acids is 1. The van der Waals surface area contributed by atoms with Gasteiger partial charge in [0.1, 0.15) is 5.75 Å². The Balaban J connectivity index is 1.43. The van der Waals surface area contributed by atoms with Crippen LogP contribution in [0.15, 0.2) is 47.4 Å². The Morgan fingerprint density at radius 2 is 1.80 bits per heavy atom. The molecule has 6 heteroatoms. The standard InChI is InChI=1S/C19H23N3O3/c1-15-2-5-17(6-3-15)25-14-19(24)22-10-8-21(9-11-22)13-16-4-7-18(23)20-12-16/h2-7,12H,8-11,13-14H2,1H3,(H,20,23). The highest BCUT2D eigenvalue weighted by molar-refractivity contribution is 5.77. The fourth-order valence-corrected chi connectivity index (χ4v) is 2.83. The van der Waals surface area contributed by atoms with Crippen LogP contribution in [0.3, 0.4) is 0 Å². The number of aryl methyl sites for hydroxylation is 1. The quantitative estimate of drug-likeness (QED) is 0.893. The van der Waals surface area contributed by atoms with Gasteiger partial charge in [0, 0.05) is 45.0 Å². The van der Waals surface area contributed by atoms with Crippen LogP contribution in [0.25, 0.3) is 0 Å². The van der Waals surface area contributed by atoms with Gasteiger partial charge in [0.15, 0.2) is 6.61 Å². The van der Waals surface area contributed by atoms with Crippen molar-refractivity contribution >= 4 is 5.91 Å². The number of hydrogen-bond donors (Lipinski definition) is 1. The molecule has 25 heavy (non-hydrogen) atoms. The minimum Gasteiger partial charge on any atom is -0.484 e. The molecule has 6 nitrogen and oxygen atoms in total. The van der Waals surface area contributed by atoms with Crippen LogP contribution in [0, 0.1) is 6.92 Å². The Kier molecular flexibility index (Phi) is 5.50. The molecule has 0 atom stereocenters. The third-order valence-electron chi connectivity index (χ3n) is 4.36. The van der Waals surface area contributed by atoms with E-state index < -0.39 is 0 Å². The van der Waals surface area contributed by atoms with Gasteiger partial charge < -0.3 is 14.6 Å². The lowest BCUT2D eigenvalue weighted by molar-refractivity contribution is -0.135. The summed E-state index contributed by atoms with van der Waals surface area (Å²) in [5.74, 6) is 0.736. The van der Waals surface area contributed by atoms with Crippen LogP contribution in [-0.4, -0.2) is 53.5 Å². The van der Waals surface area contributed by atoms with Crippen molar-refractivity contribution in [3.8, 4) is 5.75 Å². The molecule has 0 unspecified atom stereocenters. The van der Waals surface area contributed by atoms with Crippen LogP contribution in [-0.2, 0) is 11.3 Å². The van der Waals surface area contributed by atoms with E-state index in [0.29, 0.717) is 13.1 Å². The number of rotatable bonds is 5. The van der Waals surface area contributed by atoms with E-state index >= 15 is 0 Å². The number of nitrogens with one attached hydrogen (secondary N) is 1. The van der Waals surface area contributed by atoms with E-state index in [4.69, 9.17) is 4.74 Å². The Morgan fingerprint density at radius 3 is 2.44 bits per heavy atom. The van der Waals surface area contributed by atoms with Crippen molar-refractivity contribution in [3.63, 3.8) is 0 Å². The average Bonchev–Trinajstić information content (AvgIpc) is 2.63. The Morgan fingerprint density at radius 1 is 1.08 bits per heavy atom. The lowest BCUT2D eigenvalue weighted by atomic mass is 10.2. The molecule has 3 rings (SSSR count). The van der Waals surface area contributed by atoms with Crippen molar-refractivity contribution < 1.29 is 9.53 Å². The van der Waals surface area contributed by atoms with Gasteiger partial charge in [-0.1, -0.05) is 23.8 Å². The zero-order chi connectivity index (χ0) is 17.6. The monoisotopic (exact) mass is 341 g/mol. The molecule has 0 aliphatic carbocycles. The number of H-pyrrole nitrogens is 1. The molecule has 132 valence electrons. The summed E-state index contributed by atoms with van der Waals surface area (Å²) < 4.78 is 5.57. The van der Waals surface area contributed by atoms with Gasteiger partial charge in [0.2, 0.25) is 5.56 Å². The highest BCUT2D eigenvalue weighted by Crippen LogP contribution is 2.12. The van der Waals surface area contributed by atoms with Gasteiger partial charge in [0.05, 0.1) is 0 Å². The van der Waals surface area contributed by atoms with Gasteiger partial charge in [-0.15, -0.1) is 0 Å². The first-order chi connectivity index (χ1) is 12.1. The van der Waals surface area contributed by atoms with Crippen LogP contribution in [0.2, 0.25) is 0 Å². The Labute approximate surface area is 147 Å². The molecule has 1 aliphatic rings. The predicted molar refractivity (Wildman–Crippen MR) is 95.6 cm³/mol. The largest absolute Gasteiger partial charge is 0.484 e. The van der Waals surface area contributed by atoms with E-state index in [1.54, 1.807) is 6.20 Å². The summed E-state index contributed by atoms with van der Waals surface area (Å²) in [6.45, 7) is 5.88. The zero-order valence-corrected chi connectivity index (χ0v) is 14.4. The van der Waals surface area contributed by atoms with Gasteiger partial charge in [-0.05, 0) is 24.6 Å². The average molecular weight is 341 g/mol. The minimum absolute atomic E-state index is 0.0178. The summed E-state index contributed by atoms with van der Waals surface area (Å²) >= 11 is 0. The molecule has 0 spiro atoms. The van der Waals surface area contributed by atoms with E-state index in [2.05, 4.69) is 9.88 Å². The summed E-state index contributed by atoms with van der Waals surface area (Å²) in [5, 5.41) is 0. The van der Waals surface area contributed by atoms with E-state index in [-0.39, 0.29) is 18.1 Å². The Hall–Kier alpha value is -2.60. The van der Waals surface area contributed by atoms with Crippen molar-refractivity contribution in [1.82, 2.24) is 14.8 Å². The van der Waals surface area contributed by atoms with E-state index in [1.165, 1.54) is 6.07 Å². The maximum Gasteiger partial charge on any atom is 0.260 e. The lowest BCUT2D eigenvalue weighted by Crippen LogP contribution is -2.49. The number of benzene rings is 1. The molecule has 2 heterocycles. The Bertz CT molecular complexity index is 742. The second kappa shape index (κ2) is 7.98. The lowest BCUT2D eigenvalue weighted by Gasteiger charge is -2.34. The van der Waals surface area contributed by atoms with Crippen LogP contribution in [0.1, 0.15) is 11.1 Å². The van der Waals surface area contributed by atoms with E-state index in [0.717, 1.165) is 36.5 Å². The number of aromatic nitrogens is 1. The first-order valence-corrected chi connectivity index (χ1v) is 8.47. The van der Waals surface area contributed by atoms with Crippen molar-refractivity contribution in [1.29, 1.82) is 0 Å². The molecule has 2 aromatic rings. The van der Waals surface area contributed by atoms with Gasteiger partial charge >= 0.3 is 0 Å². The summed E-state index contributed by atoms with van der Waals surface area (Å²) in [6, 6.07) is 11.1. The topological polar surface area (TPSA) is 65.6 Å². The third-order valence-corrected chi connectivity index (χ3v) is 4.36. The molecule has 1 aliphatic heterocycles. The number of carbonyl (C=O) groups is 1. The smallest absolute Gasteiger partial charge is 0.260 e. The second-order valence-corrected chi connectivity index (χ2v) is 6.32. The fraction of sp³-hybridized carbons (Fsp3) is 0.368. The molecular weight excluding hydrogens is 318 g/mol. The molecule has 1 N–H and O–H groups in total. The molecule has 1 amide bonds. The van der Waals surface area contributed by atoms with Crippen molar-refractivity contribution in [2.45, 2.75) is 13.5 Å². The highest BCUT2D eigenvalue weighted by Gasteiger charge is 2.21. The summed E-state index contributed by atoms with van der Waals surface area (Å²) in [7, 11) is 0. The van der Waals surface area contributed by atoms with Crippen molar-refractivity contribution in [3.05, 3.63) is 64.1 Å². The number of amides is 1. The zero-order valence-electron chi connectivity index (χ0n) is 14.4. The SMILES string of the molecule is Cc1ccc(OCC(=O)N2CCN(Cc3ccc(=O)[nH]c3)CC2)cc1. The minimum atomic E-state index is -0.0901. The summed E-state index contributed by atoms with van der Waals surface area (Å²) in [4.78, 5) is 30.2. The van der Waals surface area contributed by atoms with Crippen molar-refractivity contribution in [2.75, 3.05) is 32.8 Å². The van der Waals surface area contributed by atoms with Gasteiger partial charge in [0.25, 0.3) is 5.91 Å². The summed E-state index contributed by atoms with van der Waals surface area (Å²) in [6.07, 6.45) is 1.75. The maximum atomic E-state index is 12.3. The fourth-order valence-electron chi connectivity index (χ4n) is 2.83. The molecule has 1 fully saturated rings. The molecule has 1 aromatic heterocycles. The van der Waals surface area contributed by atoms with Crippen molar-refractivity contribution in [2.24, 2.45) is 0 Å². The van der Waals surface area contributed by atoms with Crippen LogP contribution in [0.4, 0.5) is 0 Å². The van der Waals surface area contributed by atoms with Crippen LogP contribution in [0.5, 0.6) is 5.75 Å². The molecular formula is C19H23N3O3. The van der Waals surface area contributed by atoms with Crippen LogP contribution >= 0.6 is 0 Å². The number of pyridine rings is 1. The van der Waals surface area contributed by atoms with E-state index in [9.17, 15) is 9.59 Å². The van der Waals surface area contributed by atoms with Crippen LogP contribution < -0.4 is 10.3 Å². The van der Waals surface area contributed by atoms with Gasteiger partial charge in [-0.3, -0.25) is 14.5 Å². The van der Waals surface area contributed by atoms with Gasteiger partial charge in [-0.25, -0.2) is 0 Å². The second-order valence-electron chi connectivity index (χ2n) is 6.32. The first-order valence-electron chi connectivity index (χ1n) is 8.47. The molecule has 1 aromatic carbocycles.